The Kier molecular flexibility index (Phi) is 5.07. The zero-order valence-electron chi connectivity index (χ0n) is 11.4. The molecular weight excluding hydrogens is 342 g/mol. The number of nitrogens with two attached hydrogens (primary N) is 1. The smallest absolute Gasteiger partial charge is 0.161 e. The quantitative estimate of drug-likeness (QED) is 0.885. The van der Waals surface area contributed by atoms with E-state index in [0.29, 0.717) is 10.8 Å². The van der Waals surface area contributed by atoms with Gasteiger partial charge in [-0.3, -0.25) is 4.68 Å². The van der Waals surface area contributed by atoms with Crippen molar-refractivity contribution in [1.82, 2.24) is 9.78 Å². The number of benzene rings is 1. The zero-order valence-corrected chi connectivity index (χ0v) is 13.8. The number of rotatable bonds is 5. The standard InChI is InChI=1S/C14H17BrClN3O/c1-3-6-19-14(12(20-2)8-18-19)13(17)10-5-4-9(16)7-11(10)15/h4-5,7-8,13H,3,6,17H2,1-2H3. The lowest BCUT2D eigenvalue weighted by molar-refractivity contribution is 0.404. The second-order valence-electron chi connectivity index (χ2n) is 4.46. The fourth-order valence-electron chi connectivity index (χ4n) is 2.14. The van der Waals surface area contributed by atoms with Gasteiger partial charge in [-0.2, -0.15) is 5.10 Å². The first-order valence-corrected chi connectivity index (χ1v) is 7.55. The molecule has 0 fully saturated rings. The van der Waals surface area contributed by atoms with Gasteiger partial charge >= 0.3 is 0 Å². The maximum absolute atomic E-state index is 6.41. The van der Waals surface area contributed by atoms with E-state index >= 15 is 0 Å². The number of hydrogen-bond acceptors (Lipinski definition) is 3. The van der Waals surface area contributed by atoms with Crippen LogP contribution < -0.4 is 10.5 Å². The summed E-state index contributed by atoms with van der Waals surface area (Å²) < 4.78 is 8.15. The molecule has 0 aliphatic heterocycles. The molecular formula is C14H17BrClN3O. The Bertz CT molecular complexity index is 600. The summed E-state index contributed by atoms with van der Waals surface area (Å²) in [4.78, 5) is 0. The topological polar surface area (TPSA) is 53.1 Å². The molecule has 0 bridgehead atoms. The maximum atomic E-state index is 6.41. The number of methoxy groups -OCH3 is 1. The van der Waals surface area contributed by atoms with Gasteiger partial charge in [0, 0.05) is 16.0 Å². The molecule has 1 aromatic heterocycles. The van der Waals surface area contributed by atoms with E-state index < -0.39 is 0 Å². The van der Waals surface area contributed by atoms with Gasteiger partial charge in [0.2, 0.25) is 0 Å². The first-order valence-electron chi connectivity index (χ1n) is 6.38. The summed E-state index contributed by atoms with van der Waals surface area (Å²) in [6, 6.07) is 5.25. The van der Waals surface area contributed by atoms with Crippen LogP contribution in [0.4, 0.5) is 0 Å². The van der Waals surface area contributed by atoms with Crippen molar-refractivity contribution in [2.75, 3.05) is 7.11 Å². The molecule has 0 amide bonds. The molecule has 0 aliphatic rings. The van der Waals surface area contributed by atoms with Gasteiger partial charge in [0.1, 0.15) is 5.69 Å². The molecule has 0 radical (unpaired) electrons. The Morgan fingerprint density at radius 2 is 2.25 bits per heavy atom. The van der Waals surface area contributed by atoms with Gasteiger partial charge in [-0.15, -0.1) is 0 Å². The summed E-state index contributed by atoms with van der Waals surface area (Å²) in [5.74, 6) is 0.702. The Morgan fingerprint density at radius 1 is 1.50 bits per heavy atom. The molecule has 0 saturated heterocycles. The van der Waals surface area contributed by atoms with E-state index in [4.69, 9.17) is 22.1 Å². The molecule has 1 unspecified atom stereocenters. The van der Waals surface area contributed by atoms with Crippen molar-refractivity contribution in [3.05, 3.63) is 45.1 Å². The highest BCUT2D eigenvalue weighted by Gasteiger charge is 2.21. The van der Waals surface area contributed by atoms with E-state index in [1.807, 2.05) is 22.9 Å². The molecule has 4 nitrogen and oxygen atoms in total. The second kappa shape index (κ2) is 6.61. The van der Waals surface area contributed by atoms with Gasteiger partial charge in [-0.05, 0) is 24.1 Å². The number of ether oxygens (including phenoxy) is 1. The number of hydrogen-bond donors (Lipinski definition) is 1. The molecule has 2 aromatic rings. The van der Waals surface area contributed by atoms with Crippen LogP contribution in [0.15, 0.2) is 28.9 Å². The van der Waals surface area contributed by atoms with Gasteiger partial charge in [0.15, 0.2) is 5.75 Å². The predicted molar refractivity (Wildman–Crippen MR) is 84.3 cm³/mol. The summed E-state index contributed by atoms with van der Waals surface area (Å²) >= 11 is 9.48. The van der Waals surface area contributed by atoms with Crippen molar-refractivity contribution in [2.24, 2.45) is 5.73 Å². The van der Waals surface area contributed by atoms with Crippen LogP contribution in [0.3, 0.4) is 0 Å². The molecule has 20 heavy (non-hydrogen) atoms. The van der Waals surface area contributed by atoms with Crippen LogP contribution >= 0.6 is 27.5 Å². The molecule has 0 aliphatic carbocycles. The highest BCUT2D eigenvalue weighted by molar-refractivity contribution is 9.10. The number of nitrogens with zero attached hydrogens (tertiary/aromatic N) is 2. The molecule has 2 rings (SSSR count). The minimum Gasteiger partial charge on any atom is -0.493 e. The molecule has 1 aromatic carbocycles. The van der Waals surface area contributed by atoms with Crippen molar-refractivity contribution in [1.29, 1.82) is 0 Å². The summed E-state index contributed by atoms with van der Waals surface area (Å²) in [5.41, 5.74) is 8.23. The molecule has 0 saturated carbocycles. The van der Waals surface area contributed by atoms with Crippen LogP contribution in [0.2, 0.25) is 5.02 Å². The van der Waals surface area contributed by atoms with E-state index in [9.17, 15) is 0 Å². The monoisotopic (exact) mass is 357 g/mol. The number of aromatic nitrogens is 2. The Hall–Kier alpha value is -1.04. The Balaban J connectivity index is 2.46. The van der Waals surface area contributed by atoms with Crippen molar-refractivity contribution >= 4 is 27.5 Å². The van der Waals surface area contributed by atoms with Crippen molar-refractivity contribution < 1.29 is 4.74 Å². The van der Waals surface area contributed by atoms with Crippen LogP contribution in [0.25, 0.3) is 0 Å². The van der Waals surface area contributed by atoms with Gasteiger partial charge < -0.3 is 10.5 Å². The van der Waals surface area contributed by atoms with Crippen molar-refractivity contribution in [3.8, 4) is 5.75 Å². The fourth-order valence-corrected chi connectivity index (χ4v) is 3.07. The largest absolute Gasteiger partial charge is 0.493 e. The third kappa shape index (κ3) is 3.00. The van der Waals surface area contributed by atoms with E-state index in [1.54, 1.807) is 13.3 Å². The number of aryl methyl sites for hydroxylation is 1. The van der Waals surface area contributed by atoms with Crippen molar-refractivity contribution in [2.45, 2.75) is 25.9 Å². The molecule has 2 N–H and O–H groups in total. The summed E-state index contributed by atoms with van der Waals surface area (Å²) in [6.07, 6.45) is 2.68. The molecule has 108 valence electrons. The lowest BCUT2D eigenvalue weighted by Gasteiger charge is -2.17. The minimum atomic E-state index is -0.328. The summed E-state index contributed by atoms with van der Waals surface area (Å²) in [7, 11) is 1.63. The Morgan fingerprint density at radius 3 is 2.85 bits per heavy atom. The normalized spacial score (nSPS) is 12.4. The van der Waals surface area contributed by atoms with Crippen LogP contribution in [0.5, 0.6) is 5.75 Å². The van der Waals surface area contributed by atoms with Crippen molar-refractivity contribution in [3.63, 3.8) is 0 Å². The third-order valence-electron chi connectivity index (χ3n) is 3.09. The number of halogens is 2. The van der Waals surface area contributed by atoms with Crippen LogP contribution in [-0.4, -0.2) is 16.9 Å². The highest BCUT2D eigenvalue weighted by atomic mass is 79.9. The fraction of sp³-hybridized carbons (Fsp3) is 0.357. The van der Waals surface area contributed by atoms with E-state index in [0.717, 1.165) is 28.7 Å². The zero-order chi connectivity index (χ0) is 14.7. The molecule has 1 heterocycles. The summed E-state index contributed by atoms with van der Waals surface area (Å²) in [5, 5.41) is 5.01. The molecule has 0 spiro atoms. The van der Waals surface area contributed by atoms with Gasteiger partial charge in [-0.25, -0.2) is 0 Å². The van der Waals surface area contributed by atoms with Gasteiger partial charge in [-0.1, -0.05) is 40.5 Å². The van der Waals surface area contributed by atoms with Crippen LogP contribution in [-0.2, 0) is 6.54 Å². The lowest BCUT2D eigenvalue weighted by Crippen LogP contribution is -2.19. The van der Waals surface area contributed by atoms with E-state index in [2.05, 4.69) is 28.0 Å². The summed E-state index contributed by atoms with van der Waals surface area (Å²) in [6.45, 7) is 2.90. The maximum Gasteiger partial charge on any atom is 0.161 e. The van der Waals surface area contributed by atoms with Gasteiger partial charge in [0.05, 0.1) is 19.3 Å². The highest BCUT2D eigenvalue weighted by Crippen LogP contribution is 2.33. The second-order valence-corrected chi connectivity index (χ2v) is 5.76. The van der Waals surface area contributed by atoms with Gasteiger partial charge in [0.25, 0.3) is 0 Å². The molecule has 1 atom stereocenters. The lowest BCUT2D eigenvalue weighted by atomic mass is 10.0. The molecule has 6 heteroatoms. The van der Waals surface area contributed by atoms with E-state index in [1.165, 1.54) is 0 Å². The predicted octanol–water partition coefficient (Wildman–Crippen LogP) is 3.77. The average molecular weight is 359 g/mol. The average Bonchev–Trinajstić information content (AvgIpc) is 2.81. The van der Waals surface area contributed by atoms with Crippen LogP contribution in [0.1, 0.15) is 30.6 Å². The van der Waals surface area contributed by atoms with Crippen LogP contribution in [0, 0.1) is 0 Å². The van der Waals surface area contributed by atoms with E-state index in [-0.39, 0.29) is 6.04 Å². The first-order chi connectivity index (χ1) is 9.58. The minimum absolute atomic E-state index is 0.328. The Labute approximate surface area is 132 Å². The third-order valence-corrected chi connectivity index (χ3v) is 4.01. The SMILES string of the molecule is CCCn1ncc(OC)c1C(N)c1ccc(Cl)cc1Br. The first kappa shape index (κ1) is 15.4.